The van der Waals surface area contributed by atoms with Crippen LogP contribution in [0.25, 0.3) is 10.2 Å². The number of carbonyl (C=O) groups is 1. The molecule has 0 saturated carbocycles. The van der Waals surface area contributed by atoms with Crippen LogP contribution in [-0.2, 0) is 0 Å². The van der Waals surface area contributed by atoms with Crippen LogP contribution in [0.1, 0.15) is 35.7 Å². The number of rotatable bonds is 6. The number of ether oxygens (including phenoxy) is 1. The van der Waals surface area contributed by atoms with Crippen molar-refractivity contribution in [1.82, 2.24) is 4.98 Å². The van der Waals surface area contributed by atoms with E-state index in [4.69, 9.17) is 16.3 Å². The molecule has 1 heterocycles. The van der Waals surface area contributed by atoms with Crippen molar-refractivity contribution in [3.05, 3.63) is 52.5 Å². The Bertz CT molecular complexity index is 869. The van der Waals surface area contributed by atoms with Crippen LogP contribution >= 0.6 is 22.9 Å². The lowest BCUT2D eigenvalue weighted by atomic mass is 10.2. The molecule has 6 heteroatoms. The first-order valence-electron chi connectivity index (χ1n) is 8.17. The van der Waals surface area contributed by atoms with Crippen LogP contribution in [0.3, 0.4) is 0 Å². The first kappa shape index (κ1) is 17.7. The highest BCUT2D eigenvalue weighted by molar-refractivity contribution is 7.22. The summed E-state index contributed by atoms with van der Waals surface area (Å²) in [5, 5.41) is 4.08. The van der Waals surface area contributed by atoms with E-state index in [2.05, 4.69) is 17.2 Å². The van der Waals surface area contributed by atoms with E-state index in [1.54, 1.807) is 12.1 Å². The van der Waals surface area contributed by atoms with Crippen LogP contribution in [0.5, 0.6) is 5.75 Å². The van der Waals surface area contributed by atoms with Gasteiger partial charge in [0.2, 0.25) is 0 Å². The molecule has 0 aliphatic rings. The number of benzene rings is 2. The van der Waals surface area contributed by atoms with E-state index < -0.39 is 0 Å². The zero-order valence-corrected chi connectivity index (χ0v) is 15.7. The number of halogens is 1. The fourth-order valence-corrected chi connectivity index (χ4v) is 3.43. The zero-order chi connectivity index (χ0) is 17.8. The number of anilines is 1. The third-order valence-electron chi connectivity index (χ3n) is 3.75. The number of unbranched alkanes of at least 4 members (excludes halogenated alkanes) is 1. The number of hydrogen-bond donors (Lipinski definition) is 1. The Balaban J connectivity index is 1.74. The molecule has 0 bridgehead atoms. The molecule has 1 amide bonds. The van der Waals surface area contributed by atoms with Gasteiger partial charge in [-0.25, -0.2) is 4.98 Å². The number of aryl methyl sites for hydroxylation is 1. The minimum Gasteiger partial charge on any atom is -0.494 e. The van der Waals surface area contributed by atoms with Gasteiger partial charge in [0, 0.05) is 10.6 Å². The Morgan fingerprint density at radius 2 is 2.16 bits per heavy atom. The smallest absolute Gasteiger partial charge is 0.257 e. The van der Waals surface area contributed by atoms with Crippen LogP contribution in [-0.4, -0.2) is 17.5 Å². The van der Waals surface area contributed by atoms with E-state index in [-0.39, 0.29) is 5.91 Å². The molecule has 0 aliphatic carbocycles. The van der Waals surface area contributed by atoms with Gasteiger partial charge in [0.15, 0.2) is 5.13 Å². The van der Waals surface area contributed by atoms with Crippen molar-refractivity contribution in [2.75, 3.05) is 11.9 Å². The van der Waals surface area contributed by atoms with Crippen LogP contribution < -0.4 is 10.1 Å². The molecule has 0 saturated heterocycles. The average Bonchev–Trinajstić information content (AvgIpc) is 2.97. The quantitative estimate of drug-likeness (QED) is 0.564. The van der Waals surface area contributed by atoms with Crippen molar-refractivity contribution in [3.8, 4) is 5.75 Å². The summed E-state index contributed by atoms with van der Waals surface area (Å²) in [5.74, 6) is 0.496. The van der Waals surface area contributed by atoms with E-state index >= 15 is 0 Å². The summed E-state index contributed by atoms with van der Waals surface area (Å²) in [6.07, 6.45) is 2.06. The Morgan fingerprint density at radius 1 is 1.32 bits per heavy atom. The second-order valence-corrected chi connectivity index (χ2v) is 7.21. The van der Waals surface area contributed by atoms with Gasteiger partial charge in [-0.05, 0) is 49.2 Å². The highest BCUT2D eigenvalue weighted by atomic mass is 35.5. The number of carbonyl (C=O) groups excluding carboxylic acids is 1. The molecule has 2 aromatic carbocycles. The molecule has 0 fully saturated rings. The third kappa shape index (κ3) is 4.30. The van der Waals surface area contributed by atoms with Crippen LogP contribution in [0.15, 0.2) is 36.4 Å². The van der Waals surface area contributed by atoms with Crippen molar-refractivity contribution in [2.45, 2.75) is 26.7 Å². The van der Waals surface area contributed by atoms with Crippen molar-refractivity contribution < 1.29 is 9.53 Å². The monoisotopic (exact) mass is 374 g/mol. The maximum absolute atomic E-state index is 12.5. The predicted molar refractivity (Wildman–Crippen MR) is 104 cm³/mol. The molecule has 3 rings (SSSR count). The fourth-order valence-electron chi connectivity index (χ4n) is 2.33. The number of amides is 1. The van der Waals surface area contributed by atoms with E-state index in [0.29, 0.717) is 28.1 Å². The lowest BCUT2D eigenvalue weighted by Gasteiger charge is -2.07. The van der Waals surface area contributed by atoms with Gasteiger partial charge in [-0.3, -0.25) is 10.1 Å². The van der Waals surface area contributed by atoms with Crippen molar-refractivity contribution >= 4 is 44.2 Å². The van der Waals surface area contributed by atoms with Crippen molar-refractivity contribution in [2.24, 2.45) is 0 Å². The molecule has 130 valence electrons. The normalized spacial score (nSPS) is 10.8. The predicted octanol–water partition coefficient (Wildman–Crippen LogP) is 5.69. The number of nitrogens with zero attached hydrogens (tertiary/aromatic N) is 1. The van der Waals surface area contributed by atoms with Gasteiger partial charge in [-0.1, -0.05) is 42.3 Å². The van der Waals surface area contributed by atoms with Gasteiger partial charge < -0.3 is 4.74 Å². The Kier molecular flexibility index (Phi) is 5.56. The molecular formula is C19H19ClN2O2S. The lowest BCUT2D eigenvalue weighted by molar-refractivity contribution is 0.102. The fraction of sp³-hybridized carbons (Fsp3) is 0.263. The molecule has 25 heavy (non-hydrogen) atoms. The largest absolute Gasteiger partial charge is 0.494 e. The zero-order valence-electron chi connectivity index (χ0n) is 14.1. The van der Waals surface area contributed by atoms with Gasteiger partial charge in [-0.2, -0.15) is 0 Å². The van der Waals surface area contributed by atoms with Crippen molar-refractivity contribution in [3.63, 3.8) is 0 Å². The maximum Gasteiger partial charge on any atom is 0.257 e. The second kappa shape index (κ2) is 7.85. The summed E-state index contributed by atoms with van der Waals surface area (Å²) in [7, 11) is 0. The second-order valence-electron chi connectivity index (χ2n) is 5.77. The van der Waals surface area contributed by atoms with Gasteiger partial charge in [0.05, 0.1) is 16.8 Å². The van der Waals surface area contributed by atoms with Gasteiger partial charge in [0.1, 0.15) is 5.75 Å². The number of aromatic nitrogens is 1. The Morgan fingerprint density at radius 3 is 2.96 bits per heavy atom. The number of thiazole rings is 1. The summed E-state index contributed by atoms with van der Waals surface area (Å²) >= 11 is 7.56. The topological polar surface area (TPSA) is 51.2 Å². The third-order valence-corrected chi connectivity index (χ3v) is 5.09. The Hall–Kier alpha value is -2.11. The molecule has 1 aromatic heterocycles. The average molecular weight is 375 g/mol. The highest BCUT2D eigenvalue weighted by Crippen LogP contribution is 2.30. The number of nitrogens with one attached hydrogen (secondary N) is 1. The summed E-state index contributed by atoms with van der Waals surface area (Å²) in [6.45, 7) is 4.71. The SMILES string of the molecule is CCCCOc1cccc(C(=O)Nc2nc3cc(Cl)c(C)cc3s2)c1. The van der Waals surface area contributed by atoms with Gasteiger partial charge >= 0.3 is 0 Å². The number of fused-ring (bicyclic) bond motifs is 1. The standard InChI is InChI=1S/C19H19ClN2O2S/c1-3-4-8-24-14-7-5-6-13(10-14)18(23)22-19-21-16-11-15(20)12(2)9-17(16)25-19/h5-7,9-11H,3-4,8H2,1-2H3,(H,21,22,23). The minimum absolute atomic E-state index is 0.206. The molecular weight excluding hydrogens is 356 g/mol. The Labute approximate surface area is 155 Å². The van der Waals surface area contributed by atoms with Crippen molar-refractivity contribution in [1.29, 1.82) is 0 Å². The summed E-state index contributed by atoms with van der Waals surface area (Å²) < 4.78 is 6.65. The first-order valence-corrected chi connectivity index (χ1v) is 9.37. The van der Waals surface area contributed by atoms with Crippen LogP contribution in [0, 0.1) is 6.92 Å². The molecule has 0 aliphatic heterocycles. The summed E-state index contributed by atoms with van der Waals surface area (Å²) in [6, 6.07) is 11.0. The summed E-state index contributed by atoms with van der Waals surface area (Å²) in [5.41, 5.74) is 2.32. The van der Waals surface area contributed by atoms with E-state index in [1.807, 2.05) is 31.2 Å². The molecule has 0 atom stereocenters. The highest BCUT2D eigenvalue weighted by Gasteiger charge is 2.12. The molecule has 0 unspecified atom stereocenters. The molecule has 3 aromatic rings. The lowest BCUT2D eigenvalue weighted by Crippen LogP contribution is -2.11. The molecule has 0 radical (unpaired) electrons. The molecule has 1 N–H and O–H groups in total. The van der Waals surface area contributed by atoms with Gasteiger partial charge in [-0.15, -0.1) is 0 Å². The molecule has 4 nitrogen and oxygen atoms in total. The minimum atomic E-state index is -0.206. The van der Waals surface area contributed by atoms with E-state index in [9.17, 15) is 4.79 Å². The van der Waals surface area contributed by atoms with Crippen LogP contribution in [0.4, 0.5) is 5.13 Å². The van der Waals surface area contributed by atoms with E-state index in [0.717, 1.165) is 28.6 Å². The molecule has 0 spiro atoms. The van der Waals surface area contributed by atoms with Crippen LogP contribution in [0.2, 0.25) is 5.02 Å². The number of hydrogen-bond acceptors (Lipinski definition) is 4. The van der Waals surface area contributed by atoms with E-state index in [1.165, 1.54) is 11.3 Å². The maximum atomic E-state index is 12.5. The summed E-state index contributed by atoms with van der Waals surface area (Å²) in [4.78, 5) is 16.9. The van der Waals surface area contributed by atoms with Gasteiger partial charge in [0.25, 0.3) is 5.91 Å². The first-order chi connectivity index (χ1) is 12.1.